The molecule has 0 radical (unpaired) electrons. The van der Waals surface area contributed by atoms with E-state index >= 15 is 0 Å². The fourth-order valence-electron chi connectivity index (χ4n) is 1.64. The Morgan fingerprint density at radius 3 is 3.33 bits per heavy atom. The summed E-state index contributed by atoms with van der Waals surface area (Å²) in [6.45, 7) is 3.05. The molecule has 2 rings (SSSR count). The zero-order valence-corrected chi connectivity index (χ0v) is 10.4. The Balaban J connectivity index is 1.48. The van der Waals surface area contributed by atoms with Crippen LogP contribution in [0.2, 0.25) is 0 Å². The smallest absolute Gasteiger partial charge is 0.0700 e. The number of nitrogens with one attached hydrogen (secondary N) is 1. The number of ether oxygens (including phenoxy) is 1. The molecule has 4 heteroatoms. The van der Waals surface area contributed by atoms with Crippen molar-refractivity contribution in [3.63, 3.8) is 0 Å². The van der Waals surface area contributed by atoms with Crippen molar-refractivity contribution in [1.29, 1.82) is 0 Å². The lowest BCUT2D eigenvalue weighted by Crippen LogP contribution is -2.27. The first kappa shape index (κ1) is 11.5. The summed E-state index contributed by atoms with van der Waals surface area (Å²) < 4.78 is 6.95. The summed E-state index contributed by atoms with van der Waals surface area (Å²) in [7, 11) is 0. The van der Waals surface area contributed by atoms with E-state index in [9.17, 15) is 0 Å². The zero-order valence-electron chi connectivity index (χ0n) is 8.78. The third-order valence-electron chi connectivity index (χ3n) is 2.41. The van der Waals surface area contributed by atoms with Crippen LogP contribution in [-0.4, -0.2) is 31.6 Å². The van der Waals surface area contributed by atoms with Gasteiger partial charge < -0.3 is 10.1 Å². The molecule has 1 atom stereocenters. The van der Waals surface area contributed by atoms with Gasteiger partial charge in [0.15, 0.2) is 0 Å². The second kappa shape index (κ2) is 6.53. The van der Waals surface area contributed by atoms with Gasteiger partial charge >= 0.3 is 0 Å². The predicted octanol–water partition coefficient (Wildman–Crippen LogP) is 2.61. The standard InChI is InChI=1S/C11H17NOS2/c1-3-10(13-6-1)9-12-5-8-15-11-4-2-7-14-11/h2,4,7,10,12H,1,3,5-6,8-9H2. The number of hydrogen-bond acceptors (Lipinski definition) is 4. The Morgan fingerprint density at radius 2 is 2.60 bits per heavy atom. The van der Waals surface area contributed by atoms with E-state index in [0.717, 1.165) is 25.4 Å². The van der Waals surface area contributed by atoms with E-state index in [0.29, 0.717) is 6.10 Å². The minimum absolute atomic E-state index is 0.469. The van der Waals surface area contributed by atoms with E-state index < -0.39 is 0 Å². The van der Waals surface area contributed by atoms with Gasteiger partial charge in [0.1, 0.15) is 0 Å². The van der Waals surface area contributed by atoms with Gasteiger partial charge in [-0.05, 0) is 24.3 Å². The van der Waals surface area contributed by atoms with Crippen molar-refractivity contribution < 1.29 is 4.74 Å². The summed E-state index contributed by atoms with van der Waals surface area (Å²) in [5.74, 6) is 1.15. The van der Waals surface area contributed by atoms with Crippen LogP contribution in [0.25, 0.3) is 0 Å². The highest BCUT2D eigenvalue weighted by molar-refractivity contribution is 8.01. The summed E-state index contributed by atoms with van der Waals surface area (Å²) in [5.41, 5.74) is 0. The molecule has 0 aromatic carbocycles. The van der Waals surface area contributed by atoms with E-state index in [4.69, 9.17) is 4.74 Å². The Hall–Kier alpha value is -0.0300. The van der Waals surface area contributed by atoms with Crippen molar-refractivity contribution in [2.45, 2.75) is 23.2 Å². The highest BCUT2D eigenvalue weighted by Gasteiger charge is 2.13. The molecule has 1 saturated heterocycles. The second-order valence-corrected chi connectivity index (χ2v) is 5.96. The van der Waals surface area contributed by atoms with Crippen molar-refractivity contribution in [2.75, 3.05) is 25.4 Å². The van der Waals surface area contributed by atoms with Crippen LogP contribution in [-0.2, 0) is 4.74 Å². The summed E-state index contributed by atoms with van der Waals surface area (Å²) in [4.78, 5) is 0. The highest BCUT2D eigenvalue weighted by atomic mass is 32.2. The van der Waals surface area contributed by atoms with Crippen LogP contribution in [0.1, 0.15) is 12.8 Å². The lowest BCUT2D eigenvalue weighted by molar-refractivity contribution is 0.110. The van der Waals surface area contributed by atoms with Crippen LogP contribution in [0, 0.1) is 0 Å². The van der Waals surface area contributed by atoms with Crippen LogP contribution in [0.3, 0.4) is 0 Å². The second-order valence-electron chi connectivity index (χ2n) is 3.62. The van der Waals surface area contributed by atoms with Crippen molar-refractivity contribution in [2.24, 2.45) is 0 Å². The minimum Gasteiger partial charge on any atom is -0.377 e. The fourth-order valence-corrected chi connectivity index (χ4v) is 3.40. The molecule has 0 spiro atoms. The van der Waals surface area contributed by atoms with Gasteiger partial charge in [-0.15, -0.1) is 23.1 Å². The summed E-state index contributed by atoms with van der Waals surface area (Å²) in [6, 6.07) is 4.28. The molecule has 1 fully saturated rings. The first-order valence-corrected chi connectivity index (χ1v) is 7.30. The third-order valence-corrected chi connectivity index (χ3v) is 4.55. The van der Waals surface area contributed by atoms with E-state index in [2.05, 4.69) is 22.8 Å². The molecule has 0 amide bonds. The first-order valence-electron chi connectivity index (χ1n) is 5.44. The lowest BCUT2D eigenvalue weighted by Gasteiger charge is -2.09. The van der Waals surface area contributed by atoms with E-state index in [-0.39, 0.29) is 0 Å². The molecular formula is C11H17NOS2. The Labute approximate surface area is 99.4 Å². The Kier molecular flexibility index (Phi) is 4.99. The van der Waals surface area contributed by atoms with Crippen LogP contribution < -0.4 is 5.32 Å². The van der Waals surface area contributed by atoms with Gasteiger partial charge in [0.25, 0.3) is 0 Å². The zero-order chi connectivity index (χ0) is 10.3. The van der Waals surface area contributed by atoms with Gasteiger partial charge in [0, 0.05) is 25.4 Å². The molecular weight excluding hydrogens is 226 g/mol. The molecule has 1 N–H and O–H groups in total. The number of thiophene rings is 1. The summed E-state index contributed by atoms with van der Waals surface area (Å²) in [6.07, 6.45) is 2.93. The summed E-state index contributed by atoms with van der Waals surface area (Å²) >= 11 is 3.74. The molecule has 2 nitrogen and oxygen atoms in total. The molecule has 2 heterocycles. The molecule has 1 aliphatic rings. The number of thioether (sulfide) groups is 1. The van der Waals surface area contributed by atoms with Crippen molar-refractivity contribution in [3.05, 3.63) is 17.5 Å². The SMILES string of the molecule is c1csc(SCCNCC2CCCO2)c1. The van der Waals surface area contributed by atoms with Crippen molar-refractivity contribution in [3.8, 4) is 0 Å². The lowest BCUT2D eigenvalue weighted by atomic mass is 10.2. The van der Waals surface area contributed by atoms with Gasteiger partial charge in [-0.3, -0.25) is 0 Å². The third kappa shape index (κ3) is 4.15. The van der Waals surface area contributed by atoms with Crippen LogP contribution in [0.4, 0.5) is 0 Å². The topological polar surface area (TPSA) is 21.3 Å². The van der Waals surface area contributed by atoms with Gasteiger partial charge in [0.2, 0.25) is 0 Å². The number of rotatable bonds is 6. The molecule has 1 aliphatic heterocycles. The van der Waals surface area contributed by atoms with Gasteiger partial charge in [0.05, 0.1) is 10.3 Å². The molecule has 15 heavy (non-hydrogen) atoms. The maximum Gasteiger partial charge on any atom is 0.0700 e. The van der Waals surface area contributed by atoms with Gasteiger partial charge in [-0.25, -0.2) is 0 Å². The molecule has 1 aromatic rings. The quantitative estimate of drug-likeness (QED) is 0.613. The summed E-state index contributed by atoms with van der Waals surface area (Å²) in [5, 5.41) is 5.58. The minimum atomic E-state index is 0.469. The van der Waals surface area contributed by atoms with Crippen molar-refractivity contribution in [1.82, 2.24) is 5.32 Å². The molecule has 84 valence electrons. The molecule has 0 saturated carbocycles. The van der Waals surface area contributed by atoms with Gasteiger partial charge in [-0.1, -0.05) is 6.07 Å². The van der Waals surface area contributed by atoms with Crippen LogP contribution in [0.5, 0.6) is 0 Å². The predicted molar refractivity (Wildman–Crippen MR) is 66.9 cm³/mol. The maximum absolute atomic E-state index is 5.54. The molecule has 0 aliphatic carbocycles. The van der Waals surface area contributed by atoms with E-state index in [1.54, 1.807) is 0 Å². The Morgan fingerprint density at radius 1 is 1.60 bits per heavy atom. The molecule has 0 bridgehead atoms. The van der Waals surface area contributed by atoms with Crippen molar-refractivity contribution >= 4 is 23.1 Å². The van der Waals surface area contributed by atoms with E-state index in [1.807, 2.05) is 23.1 Å². The highest BCUT2D eigenvalue weighted by Crippen LogP contribution is 2.22. The monoisotopic (exact) mass is 243 g/mol. The first-order chi connectivity index (χ1) is 7.45. The van der Waals surface area contributed by atoms with E-state index in [1.165, 1.54) is 17.1 Å². The average molecular weight is 243 g/mol. The maximum atomic E-state index is 5.54. The number of hydrogen-bond donors (Lipinski definition) is 1. The Bertz CT molecular complexity index is 258. The normalized spacial score (nSPS) is 20.9. The molecule has 1 aromatic heterocycles. The van der Waals surface area contributed by atoms with Gasteiger partial charge in [-0.2, -0.15) is 0 Å². The van der Waals surface area contributed by atoms with Crippen LogP contribution in [0.15, 0.2) is 21.7 Å². The molecule has 1 unspecified atom stereocenters. The largest absolute Gasteiger partial charge is 0.377 e. The van der Waals surface area contributed by atoms with Crippen LogP contribution >= 0.6 is 23.1 Å². The fraction of sp³-hybridized carbons (Fsp3) is 0.636. The average Bonchev–Trinajstić information content (AvgIpc) is 2.88.